The van der Waals surface area contributed by atoms with E-state index in [0.29, 0.717) is 0 Å². The fourth-order valence-electron chi connectivity index (χ4n) is 2.82. The van der Waals surface area contributed by atoms with Gasteiger partial charge in [-0.15, -0.1) is 0 Å². The van der Waals surface area contributed by atoms with Gasteiger partial charge in [0.2, 0.25) is 0 Å². The van der Waals surface area contributed by atoms with E-state index in [9.17, 15) is 0 Å². The van der Waals surface area contributed by atoms with E-state index in [0.717, 1.165) is 19.1 Å². The van der Waals surface area contributed by atoms with Crippen LogP contribution in [0.15, 0.2) is 0 Å². The fraction of sp³-hybridized carbons (Fsp3) is 1.00. The molecule has 1 aliphatic heterocycles. The first-order chi connectivity index (χ1) is 6.85. The quantitative estimate of drug-likeness (QED) is 0.698. The van der Waals surface area contributed by atoms with Crippen LogP contribution in [-0.4, -0.2) is 18.9 Å². The molecule has 1 N–H and O–H groups in total. The molecule has 2 unspecified atom stereocenters. The summed E-state index contributed by atoms with van der Waals surface area (Å²) < 4.78 is 5.97. The lowest BCUT2D eigenvalue weighted by Crippen LogP contribution is -2.51. The van der Waals surface area contributed by atoms with E-state index in [1.165, 1.54) is 44.9 Å². The monoisotopic (exact) mass is 197 g/mol. The highest BCUT2D eigenvalue weighted by Gasteiger charge is 2.34. The van der Waals surface area contributed by atoms with Gasteiger partial charge in [-0.3, -0.25) is 5.32 Å². The van der Waals surface area contributed by atoms with Gasteiger partial charge in [0.25, 0.3) is 0 Å². The third-order valence-corrected chi connectivity index (χ3v) is 3.87. The third-order valence-electron chi connectivity index (χ3n) is 3.87. The van der Waals surface area contributed by atoms with Crippen LogP contribution in [0.1, 0.15) is 51.9 Å². The van der Waals surface area contributed by atoms with Crippen LogP contribution >= 0.6 is 0 Å². The Hall–Kier alpha value is -0.0800. The maximum absolute atomic E-state index is 5.97. The second-order valence-electron chi connectivity index (χ2n) is 4.83. The molecule has 0 bridgehead atoms. The van der Waals surface area contributed by atoms with Gasteiger partial charge in [0.15, 0.2) is 0 Å². The molecule has 2 nitrogen and oxygen atoms in total. The first-order valence-electron chi connectivity index (χ1n) is 6.24. The van der Waals surface area contributed by atoms with Crippen molar-refractivity contribution in [1.82, 2.24) is 5.32 Å². The summed E-state index contributed by atoms with van der Waals surface area (Å²) in [6.07, 6.45) is 9.07. The number of hydrogen-bond acceptors (Lipinski definition) is 2. The average molecular weight is 197 g/mol. The Kier molecular flexibility index (Phi) is 3.45. The van der Waals surface area contributed by atoms with E-state index in [-0.39, 0.29) is 5.72 Å². The van der Waals surface area contributed by atoms with Crippen LogP contribution in [0.5, 0.6) is 0 Å². The Bertz CT molecular complexity index is 175. The van der Waals surface area contributed by atoms with Gasteiger partial charge in [-0.1, -0.05) is 19.8 Å². The lowest BCUT2D eigenvalue weighted by Gasteiger charge is -2.37. The molecule has 2 aliphatic rings. The highest BCUT2D eigenvalue weighted by molar-refractivity contribution is 4.84. The van der Waals surface area contributed by atoms with E-state index in [1.54, 1.807) is 0 Å². The van der Waals surface area contributed by atoms with Crippen LogP contribution in [-0.2, 0) is 4.74 Å². The SMILES string of the molecule is CCC1CCCC2(CC1)NCCCO2. The number of nitrogens with one attached hydrogen (secondary N) is 1. The molecular formula is C12H23NO. The van der Waals surface area contributed by atoms with Crippen LogP contribution in [0, 0.1) is 5.92 Å². The number of ether oxygens (including phenoxy) is 1. The predicted octanol–water partition coefficient (Wildman–Crippen LogP) is 2.68. The van der Waals surface area contributed by atoms with Crippen LogP contribution in [0.3, 0.4) is 0 Å². The molecule has 0 aromatic heterocycles. The molecule has 0 aromatic rings. The molecule has 1 saturated heterocycles. The summed E-state index contributed by atoms with van der Waals surface area (Å²) in [5.41, 5.74) is 0.0716. The minimum atomic E-state index is 0.0716. The predicted molar refractivity (Wildman–Crippen MR) is 58.2 cm³/mol. The molecule has 2 rings (SSSR count). The number of rotatable bonds is 1. The van der Waals surface area contributed by atoms with Crippen LogP contribution in [0.2, 0.25) is 0 Å². The van der Waals surface area contributed by atoms with E-state index < -0.39 is 0 Å². The van der Waals surface area contributed by atoms with Gasteiger partial charge in [0.05, 0.1) is 6.61 Å². The Labute approximate surface area is 87.4 Å². The molecule has 0 aromatic carbocycles. The van der Waals surface area contributed by atoms with Gasteiger partial charge in [-0.05, 0) is 44.6 Å². The summed E-state index contributed by atoms with van der Waals surface area (Å²) in [6, 6.07) is 0. The zero-order valence-corrected chi connectivity index (χ0v) is 9.35. The van der Waals surface area contributed by atoms with Crippen molar-refractivity contribution >= 4 is 0 Å². The molecular weight excluding hydrogens is 174 g/mol. The zero-order chi connectivity index (χ0) is 9.86. The van der Waals surface area contributed by atoms with Crippen LogP contribution < -0.4 is 5.32 Å². The highest BCUT2D eigenvalue weighted by Crippen LogP contribution is 2.33. The fourth-order valence-corrected chi connectivity index (χ4v) is 2.82. The van der Waals surface area contributed by atoms with Crippen molar-refractivity contribution < 1.29 is 4.74 Å². The molecule has 14 heavy (non-hydrogen) atoms. The van der Waals surface area contributed by atoms with Gasteiger partial charge in [0.1, 0.15) is 5.72 Å². The van der Waals surface area contributed by atoms with E-state index in [4.69, 9.17) is 4.74 Å². The maximum Gasteiger partial charge on any atom is 0.119 e. The summed E-state index contributed by atoms with van der Waals surface area (Å²) in [4.78, 5) is 0. The minimum Gasteiger partial charge on any atom is -0.361 e. The summed E-state index contributed by atoms with van der Waals surface area (Å²) >= 11 is 0. The first kappa shape index (κ1) is 10.4. The van der Waals surface area contributed by atoms with Gasteiger partial charge in [0, 0.05) is 0 Å². The van der Waals surface area contributed by atoms with Crippen molar-refractivity contribution in [3.8, 4) is 0 Å². The molecule has 0 radical (unpaired) electrons. The molecule has 1 aliphatic carbocycles. The smallest absolute Gasteiger partial charge is 0.119 e. The first-order valence-corrected chi connectivity index (χ1v) is 6.24. The normalized spacial score (nSPS) is 39.6. The Morgan fingerprint density at radius 1 is 1.29 bits per heavy atom. The topological polar surface area (TPSA) is 21.3 Å². The van der Waals surface area contributed by atoms with Crippen LogP contribution in [0.4, 0.5) is 0 Å². The molecule has 82 valence electrons. The molecule has 2 heteroatoms. The molecule has 1 saturated carbocycles. The standard InChI is InChI=1S/C12H23NO/c1-2-11-5-3-7-12(8-6-11)13-9-4-10-14-12/h11,13H,2-10H2,1H3. The lowest BCUT2D eigenvalue weighted by atomic mass is 9.97. The van der Waals surface area contributed by atoms with E-state index in [2.05, 4.69) is 12.2 Å². The largest absolute Gasteiger partial charge is 0.361 e. The second-order valence-corrected chi connectivity index (χ2v) is 4.83. The lowest BCUT2D eigenvalue weighted by molar-refractivity contribution is -0.105. The maximum atomic E-state index is 5.97. The molecule has 1 spiro atoms. The minimum absolute atomic E-state index is 0.0716. The Morgan fingerprint density at radius 3 is 2.93 bits per heavy atom. The summed E-state index contributed by atoms with van der Waals surface area (Å²) in [6.45, 7) is 4.43. The van der Waals surface area contributed by atoms with Crippen molar-refractivity contribution in [2.75, 3.05) is 13.2 Å². The van der Waals surface area contributed by atoms with Crippen molar-refractivity contribution in [3.05, 3.63) is 0 Å². The number of hydrogen-bond donors (Lipinski definition) is 1. The van der Waals surface area contributed by atoms with Crippen molar-refractivity contribution in [1.29, 1.82) is 0 Å². The highest BCUT2D eigenvalue weighted by atomic mass is 16.5. The molecule has 2 atom stereocenters. The molecule has 2 fully saturated rings. The van der Waals surface area contributed by atoms with E-state index >= 15 is 0 Å². The summed E-state index contributed by atoms with van der Waals surface area (Å²) in [5.74, 6) is 0.946. The van der Waals surface area contributed by atoms with E-state index in [1.807, 2.05) is 0 Å². The van der Waals surface area contributed by atoms with Gasteiger partial charge in [-0.2, -0.15) is 0 Å². The van der Waals surface area contributed by atoms with Crippen molar-refractivity contribution in [2.24, 2.45) is 5.92 Å². The van der Waals surface area contributed by atoms with Crippen LogP contribution in [0.25, 0.3) is 0 Å². The van der Waals surface area contributed by atoms with Crippen molar-refractivity contribution in [2.45, 2.75) is 57.6 Å². The second kappa shape index (κ2) is 4.63. The average Bonchev–Trinajstić information content (AvgIpc) is 2.42. The zero-order valence-electron chi connectivity index (χ0n) is 9.35. The third kappa shape index (κ3) is 2.29. The Balaban J connectivity index is 1.92. The van der Waals surface area contributed by atoms with Gasteiger partial charge in [-0.25, -0.2) is 0 Å². The Morgan fingerprint density at radius 2 is 2.21 bits per heavy atom. The van der Waals surface area contributed by atoms with Gasteiger partial charge >= 0.3 is 0 Å². The molecule has 1 heterocycles. The van der Waals surface area contributed by atoms with Crippen molar-refractivity contribution in [3.63, 3.8) is 0 Å². The molecule has 0 amide bonds. The summed E-state index contributed by atoms with van der Waals surface area (Å²) in [7, 11) is 0. The summed E-state index contributed by atoms with van der Waals surface area (Å²) in [5, 5.41) is 3.60. The van der Waals surface area contributed by atoms with Gasteiger partial charge < -0.3 is 4.74 Å².